The molecule has 1 aromatic carbocycles. The second kappa shape index (κ2) is 6.51. The van der Waals surface area contributed by atoms with Crippen LogP contribution in [0.15, 0.2) is 12.1 Å². The normalized spacial score (nSPS) is 22.1. The summed E-state index contributed by atoms with van der Waals surface area (Å²) in [7, 11) is 0. The first kappa shape index (κ1) is 20.2. The van der Waals surface area contributed by atoms with E-state index in [2.05, 4.69) is 26.0 Å². The maximum absolute atomic E-state index is 12.4. The van der Waals surface area contributed by atoms with E-state index in [4.69, 9.17) is 4.74 Å². The highest BCUT2D eigenvalue weighted by molar-refractivity contribution is 5.68. The van der Waals surface area contributed by atoms with Crippen LogP contribution in [0.3, 0.4) is 0 Å². The number of likely N-dealkylation sites (tertiary alicyclic amines) is 1. The van der Waals surface area contributed by atoms with Crippen LogP contribution < -0.4 is 0 Å². The molecule has 1 fully saturated rings. The molecule has 1 aromatic rings. The standard InChI is InChI=1S/C23H35NO3/c1-15-12-17-18(13-16(15)2)23(14-19(17)22(6,7)26)8-10-24(11-9-23)20(25)27-21(3,4)5/h12-13,19,26H,8-11,14H2,1-7H3. The first-order valence-corrected chi connectivity index (χ1v) is 10.1. The van der Waals surface area contributed by atoms with Crippen molar-refractivity contribution in [3.63, 3.8) is 0 Å². The number of aliphatic hydroxyl groups is 1. The average Bonchev–Trinajstić information content (AvgIpc) is 2.81. The minimum atomic E-state index is -0.748. The molecule has 0 aromatic heterocycles. The number of aryl methyl sites for hydroxylation is 2. The first-order valence-electron chi connectivity index (χ1n) is 10.1. The number of piperidine rings is 1. The van der Waals surface area contributed by atoms with Crippen LogP contribution in [0.5, 0.6) is 0 Å². The van der Waals surface area contributed by atoms with Crippen LogP contribution in [0.2, 0.25) is 0 Å². The van der Waals surface area contributed by atoms with Crippen LogP contribution in [-0.4, -0.2) is 40.4 Å². The van der Waals surface area contributed by atoms with Gasteiger partial charge in [-0.3, -0.25) is 0 Å². The molecule has 0 radical (unpaired) electrons. The number of carbonyl (C=O) groups excluding carboxylic acids is 1. The Hall–Kier alpha value is -1.55. The summed E-state index contributed by atoms with van der Waals surface area (Å²) in [6.07, 6.45) is 2.59. The van der Waals surface area contributed by atoms with Crippen molar-refractivity contribution in [1.29, 1.82) is 0 Å². The van der Waals surface area contributed by atoms with E-state index >= 15 is 0 Å². The van der Waals surface area contributed by atoms with Crippen molar-refractivity contribution in [1.82, 2.24) is 4.90 Å². The minimum absolute atomic E-state index is 0.0526. The molecule has 4 heteroatoms. The van der Waals surface area contributed by atoms with E-state index in [0.29, 0.717) is 13.1 Å². The molecule has 4 nitrogen and oxygen atoms in total. The van der Waals surface area contributed by atoms with E-state index in [1.54, 1.807) is 0 Å². The van der Waals surface area contributed by atoms with Gasteiger partial charge in [0.1, 0.15) is 5.60 Å². The molecule has 1 N–H and O–H groups in total. The summed E-state index contributed by atoms with van der Waals surface area (Å²) in [6, 6.07) is 4.61. The summed E-state index contributed by atoms with van der Waals surface area (Å²) in [5.74, 6) is 0.139. The van der Waals surface area contributed by atoms with Crippen molar-refractivity contribution in [2.24, 2.45) is 0 Å². The van der Waals surface area contributed by atoms with Crippen molar-refractivity contribution in [2.45, 2.75) is 90.3 Å². The minimum Gasteiger partial charge on any atom is -0.444 e. The zero-order valence-corrected chi connectivity index (χ0v) is 18.0. The third kappa shape index (κ3) is 3.87. The number of ether oxygens (including phenoxy) is 1. The number of benzene rings is 1. The van der Waals surface area contributed by atoms with Crippen LogP contribution in [0.4, 0.5) is 4.79 Å². The molecule has 150 valence electrons. The Balaban J connectivity index is 1.86. The number of fused-ring (bicyclic) bond motifs is 2. The van der Waals surface area contributed by atoms with Gasteiger partial charge in [-0.25, -0.2) is 4.79 Å². The molecular weight excluding hydrogens is 338 g/mol. The molecule has 1 spiro atoms. The lowest BCUT2D eigenvalue weighted by atomic mass is 9.72. The highest BCUT2D eigenvalue weighted by Gasteiger charge is 2.50. The Bertz CT molecular complexity index is 731. The number of amides is 1. The molecule has 1 aliphatic heterocycles. The molecule has 1 atom stereocenters. The summed E-state index contributed by atoms with van der Waals surface area (Å²) in [4.78, 5) is 14.3. The Labute approximate surface area is 163 Å². The zero-order valence-electron chi connectivity index (χ0n) is 18.0. The number of nitrogens with zero attached hydrogens (tertiary/aromatic N) is 1. The molecule has 0 bridgehead atoms. The van der Waals surface area contributed by atoms with Gasteiger partial charge >= 0.3 is 6.09 Å². The molecule has 1 unspecified atom stereocenters. The van der Waals surface area contributed by atoms with E-state index < -0.39 is 11.2 Å². The fourth-order valence-corrected chi connectivity index (χ4v) is 4.74. The SMILES string of the molecule is Cc1cc2c(cc1C)C1(CCN(C(=O)OC(C)(C)C)CC1)CC2C(C)(C)O. The van der Waals surface area contributed by atoms with Gasteiger partial charge in [-0.05, 0) is 95.4 Å². The van der Waals surface area contributed by atoms with E-state index in [-0.39, 0.29) is 17.4 Å². The largest absolute Gasteiger partial charge is 0.444 e. The molecule has 1 amide bonds. The number of hydrogen-bond acceptors (Lipinski definition) is 3. The monoisotopic (exact) mass is 373 g/mol. The maximum atomic E-state index is 12.4. The van der Waals surface area contributed by atoms with E-state index in [1.165, 1.54) is 22.3 Å². The molecule has 0 saturated carbocycles. The van der Waals surface area contributed by atoms with Gasteiger partial charge in [0.25, 0.3) is 0 Å². The van der Waals surface area contributed by atoms with Crippen molar-refractivity contribution in [3.8, 4) is 0 Å². The summed E-state index contributed by atoms with van der Waals surface area (Å²) in [6.45, 7) is 15.3. The first-order chi connectivity index (χ1) is 12.3. The van der Waals surface area contributed by atoms with Crippen molar-refractivity contribution in [2.75, 3.05) is 13.1 Å². The smallest absolute Gasteiger partial charge is 0.410 e. The summed E-state index contributed by atoms with van der Waals surface area (Å²) in [5, 5.41) is 10.8. The molecule has 27 heavy (non-hydrogen) atoms. The highest BCUT2D eigenvalue weighted by Crippen LogP contribution is 2.55. The lowest BCUT2D eigenvalue weighted by molar-refractivity contribution is 0.0119. The quantitative estimate of drug-likeness (QED) is 0.767. The lowest BCUT2D eigenvalue weighted by Gasteiger charge is -2.41. The van der Waals surface area contributed by atoms with Crippen LogP contribution in [-0.2, 0) is 10.2 Å². The molecular formula is C23H35NO3. The molecule has 2 aliphatic rings. The lowest BCUT2D eigenvalue weighted by Crippen LogP contribution is -2.46. The molecule has 1 heterocycles. The third-order valence-electron chi connectivity index (χ3n) is 6.43. The van der Waals surface area contributed by atoms with Gasteiger partial charge in [0.05, 0.1) is 5.60 Å². The predicted molar refractivity (Wildman–Crippen MR) is 108 cm³/mol. The Morgan fingerprint density at radius 3 is 2.19 bits per heavy atom. The highest BCUT2D eigenvalue weighted by atomic mass is 16.6. The fourth-order valence-electron chi connectivity index (χ4n) is 4.74. The van der Waals surface area contributed by atoms with Gasteiger partial charge in [-0.1, -0.05) is 12.1 Å². The molecule has 1 saturated heterocycles. The Morgan fingerprint density at radius 1 is 1.11 bits per heavy atom. The van der Waals surface area contributed by atoms with Gasteiger partial charge in [-0.2, -0.15) is 0 Å². The topological polar surface area (TPSA) is 49.8 Å². The van der Waals surface area contributed by atoms with Crippen LogP contribution in [0.1, 0.15) is 82.1 Å². The van der Waals surface area contributed by atoms with Gasteiger partial charge < -0.3 is 14.7 Å². The van der Waals surface area contributed by atoms with Crippen LogP contribution in [0.25, 0.3) is 0 Å². The Kier molecular flexibility index (Phi) is 4.87. The van der Waals surface area contributed by atoms with E-state index in [9.17, 15) is 9.90 Å². The summed E-state index contributed by atoms with van der Waals surface area (Å²) in [5.41, 5.74) is 4.12. The number of hydrogen-bond donors (Lipinski definition) is 1. The number of rotatable bonds is 1. The van der Waals surface area contributed by atoms with Crippen molar-refractivity contribution in [3.05, 3.63) is 34.4 Å². The van der Waals surface area contributed by atoms with Crippen molar-refractivity contribution < 1.29 is 14.6 Å². The van der Waals surface area contributed by atoms with Crippen LogP contribution in [0, 0.1) is 13.8 Å². The molecule has 3 rings (SSSR count). The summed E-state index contributed by atoms with van der Waals surface area (Å²) < 4.78 is 5.55. The van der Waals surface area contributed by atoms with Gasteiger partial charge in [0, 0.05) is 19.0 Å². The zero-order chi connectivity index (χ0) is 20.2. The number of carbonyl (C=O) groups is 1. The molecule has 1 aliphatic carbocycles. The van der Waals surface area contributed by atoms with Gasteiger partial charge in [0.2, 0.25) is 0 Å². The van der Waals surface area contributed by atoms with Crippen molar-refractivity contribution >= 4 is 6.09 Å². The fraction of sp³-hybridized carbons (Fsp3) is 0.696. The average molecular weight is 374 g/mol. The predicted octanol–water partition coefficient (Wildman–Crippen LogP) is 4.83. The second-order valence-corrected chi connectivity index (χ2v) is 10.2. The van der Waals surface area contributed by atoms with Gasteiger partial charge in [0.15, 0.2) is 0 Å². The van der Waals surface area contributed by atoms with Gasteiger partial charge in [-0.15, -0.1) is 0 Å². The van der Waals surface area contributed by atoms with E-state index in [0.717, 1.165) is 19.3 Å². The Morgan fingerprint density at radius 2 is 1.67 bits per heavy atom. The third-order valence-corrected chi connectivity index (χ3v) is 6.43. The van der Waals surface area contributed by atoms with Crippen LogP contribution >= 0.6 is 0 Å². The maximum Gasteiger partial charge on any atom is 0.410 e. The second-order valence-electron chi connectivity index (χ2n) is 10.2. The summed E-state index contributed by atoms with van der Waals surface area (Å²) >= 11 is 0. The van der Waals surface area contributed by atoms with E-state index in [1.807, 2.05) is 39.5 Å².